The molecular weight excluding hydrogens is 380 g/mol. The summed E-state index contributed by atoms with van der Waals surface area (Å²) in [4.78, 5) is 25.0. The lowest BCUT2D eigenvalue weighted by Crippen LogP contribution is -2.23. The Labute approximate surface area is 145 Å². The van der Waals surface area contributed by atoms with Gasteiger partial charge >= 0.3 is 0 Å². The van der Waals surface area contributed by atoms with Gasteiger partial charge in [-0.3, -0.25) is 9.59 Å². The Hall–Kier alpha value is -2.11. The summed E-state index contributed by atoms with van der Waals surface area (Å²) in [6, 6.07) is 12.2. The van der Waals surface area contributed by atoms with Gasteiger partial charge in [0.25, 0.3) is 5.91 Å². The van der Waals surface area contributed by atoms with E-state index in [2.05, 4.69) is 21.2 Å². The van der Waals surface area contributed by atoms with E-state index in [1.807, 2.05) is 12.1 Å². The Morgan fingerprint density at radius 3 is 2.57 bits per heavy atom. The van der Waals surface area contributed by atoms with Gasteiger partial charge in [0.05, 0.1) is 5.52 Å². The highest BCUT2D eigenvalue weighted by Gasteiger charge is 2.15. The van der Waals surface area contributed by atoms with Crippen molar-refractivity contribution in [3.05, 3.63) is 73.9 Å². The Kier molecular flexibility index (Phi) is 4.24. The van der Waals surface area contributed by atoms with Gasteiger partial charge in [-0.05, 0) is 42.5 Å². The highest BCUT2D eigenvalue weighted by Crippen LogP contribution is 2.18. The number of pyridine rings is 1. The van der Waals surface area contributed by atoms with E-state index in [0.717, 1.165) is 9.99 Å². The smallest absolute Gasteiger partial charge is 0.261 e. The van der Waals surface area contributed by atoms with Crippen molar-refractivity contribution in [2.75, 3.05) is 5.32 Å². The van der Waals surface area contributed by atoms with Crippen molar-refractivity contribution in [3.8, 4) is 0 Å². The second-order valence-electron chi connectivity index (χ2n) is 5.11. The zero-order chi connectivity index (χ0) is 16.6. The zero-order valence-corrected chi connectivity index (χ0v) is 14.5. The standard InChI is InChI=1S/C17H12BrClN2O2/c1-21-9-14(16(22)13-8-11(19)4-7-15(13)21)17(23)20-12-5-2-10(18)3-6-12/h2-9H,1H3,(H,20,23). The Morgan fingerprint density at radius 2 is 1.87 bits per heavy atom. The third-order valence-corrected chi connectivity index (χ3v) is 4.26. The molecule has 0 saturated carbocycles. The van der Waals surface area contributed by atoms with E-state index in [0.29, 0.717) is 16.1 Å². The number of nitrogens with one attached hydrogen (secondary N) is 1. The van der Waals surface area contributed by atoms with Crippen LogP contribution in [-0.2, 0) is 7.05 Å². The van der Waals surface area contributed by atoms with Gasteiger partial charge in [0.15, 0.2) is 0 Å². The lowest BCUT2D eigenvalue weighted by molar-refractivity contribution is 0.102. The molecule has 116 valence electrons. The fraction of sp³-hybridized carbons (Fsp3) is 0.0588. The number of hydrogen-bond donors (Lipinski definition) is 1. The molecule has 4 nitrogen and oxygen atoms in total. The molecule has 1 aromatic heterocycles. The van der Waals surface area contributed by atoms with Crippen LogP contribution in [0, 0.1) is 0 Å². The van der Waals surface area contributed by atoms with Crippen LogP contribution in [0.5, 0.6) is 0 Å². The first-order chi connectivity index (χ1) is 11.0. The lowest BCUT2D eigenvalue weighted by atomic mass is 10.1. The zero-order valence-electron chi connectivity index (χ0n) is 12.1. The van der Waals surface area contributed by atoms with Gasteiger partial charge in [0.1, 0.15) is 5.56 Å². The number of carbonyl (C=O) groups is 1. The molecule has 0 fully saturated rings. The predicted molar refractivity (Wildman–Crippen MR) is 96.3 cm³/mol. The van der Waals surface area contributed by atoms with Crippen molar-refractivity contribution in [1.29, 1.82) is 0 Å². The maximum absolute atomic E-state index is 12.6. The quantitative estimate of drug-likeness (QED) is 0.711. The summed E-state index contributed by atoms with van der Waals surface area (Å²) in [5.41, 5.74) is 1.08. The number of halogens is 2. The molecule has 0 saturated heterocycles. The maximum Gasteiger partial charge on any atom is 0.261 e. The highest BCUT2D eigenvalue weighted by atomic mass is 79.9. The molecule has 3 rings (SSSR count). The van der Waals surface area contributed by atoms with Crippen LogP contribution in [0.25, 0.3) is 10.9 Å². The molecule has 0 spiro atoms. The van der Waals surface area contributed by atoms with E-state index >= 15 is 0 Å². The van der Waals surface area contributed by atoms with Gasteiger partial charge < -0.3 is 9.88 Å². The molecule has 23 heavy (non-hydrogen) atoms. The molecule has 6 heteroatoms. The summed E-state index contributed by atoms with van der Waals surface area (Å²) in [6.07, 6.45) is 1.53. The van der Waals surface area contributed by atoms with Gasteiger partial charge in [0.2, 0.25) is 5.43 Å². The molecular formula is C17H12BrClN2O2. The third-order valence-electron chi connectivity index (χ3n) is 3.50. The summed E-state index contributed by atoms with van der Waals surface area (Å²) >= 11 is 9.30. The molecule has 0 bridgehead atoms. The number of anilines is 1. The molecule has 0 aliphatic carbocycles. The number of carbonyl (C=O) groups excluding carboxylic acids is 1. The van der Waals surface area contributed by atoms with E-state index in [9.17, 15) is 9.59 Å². The second kappa shape index (κ2) is 6.18. The summed E-state index contributed by atoms with van der Waals surface area (Å²) in [5, 5.41) is 3.60. The van der Waals surface area contributed by atoms with Crippen molar-refractivity contribution in [1.82, 2.24) is 4.57 Å². The largest absolute Gasteiger partial charge is 0.350 e. The number of amides is 1. The number of nitrogens with zero attached hydrogens (tertiary/aromatic N) is 1. The van der Waals surface area contributed by atoms with Crippen molar-refractivity contribution in [3.63, 3.8) is 0 Å². The van der Waals surface area contributed by atoms with E-state index < -0.39 is 5.91 Å². The SMILES string of the molecule is Cn1cc(C(=O)Nc2ccc(Br)cc2)c(=O)c2cc(Cl)ccc21. The fourth-order valence-electron chi connectivity index (χ4n) is 2.36. The van der Waals surface area contributed by atoms with Crippen molar-refractivity contribution in [2.24, 2.45) is 7.05 Å². The van der Waals surface area contributed by atoms with Crippen molar-refractivity contribution < 1.29 is 4.79 Å². The molecule has 1 amide bonds. The highest BCUT2D eigenvalue weighted by molar-refractivity contribution is 9.10. The van der Waals surface area contributed by atoms with Crippen LogP contribution in [0.15, 0.2) is 57.9 Å². The number of fused-ring (bicyclic) bond motifs is 1. The van der Waals surface area contributed by atoms with Crippen LogP contribution in [0.1, 0.15) is 10.4 Å². The molecule has 3 aromatic rings. The van der Waals surface area contributed by atoms with Crippen LogP contribution < -0.4 is 10.7 Å². The summed E-state index contributed by atoms with van der Waals surface area (Å²) in [6.45, 7) is 0. The van der Waals surface area contributed by atoms with Crippen LogP contribution in [0.2, 0.25) is 5.02 Å². The summed E-state index contributed by atoms with van der Waals surface area (Å²) in [5.74, 6) is -0.449. The van der Waals surface area contributed by atoms with Crippen LogP contribution >= 0.6 is 27.5 Å². The predicted octanol–water partition coefficient (Wildman–Crippen LogP) is 4.21. The van der Waals surface area contributed by atoms with E-state index in [1.165, 1.54) is 6.20 Å². The van der Waals surface area contributed by atoms with Crippen LogP contribution in [-0.4, -0.2) is 10.5 Å². The number of aryl methyl sites for hydroxylation is 1. The van der Waals surface area contributed by atoms with Gasteiger partial charge in [0, 0.05) is 33.8 Å². The van der Waals surface area contributed by atoms with Crippen LogP contribution in [0.4, 0.5) is 5.69 Å². The molecule has 0 aliphatic heterocycles. The summed E-state index contributed by atoms with van der Waals surface area (Å²) in [7, 11) is 1.78. The molecule has 1 N–H and O–H groups in total. The van der Waals surface area contributed by atoms with Crippen molar-refractivity contribution in [2.45, 2.75) is 0 Å². The number of benzene rings is 2. The average Bonchev–Trinajstić information content (AvgIpc) is 2.53. The van der Waals surface area contributed by atoms with Gasteiger partial charge in [-0.1, -0.05) is 27.5 Å². The van der Waals surface area contributed by atoms with Crippen LogP contribution in [0.3, 0.4) is 0 Å². The molecule has 2 aromatic carbocycles. The van der Waals surface area contributed by atoms with E-state index in [-0.39, 0.29) is 11.0 Å². The monoisotopic (exact) mass is 390 g/mol. The minimum Gasteiger partial charge on any atom is -0.350 e. The first kappa shape index (κ1) is 15.8. The number of hydrogen-bond acceptors (Lipinski definition) is 2. The van der Waals surface area contributed by atoms with E-state index in [1.54, 1.807) is 41.9 Å². The minimum atomic E-state index is -0.449. The normalized spacial score (nSPS) is 10.7. The Bertz CT molecular complexity index is 965. The molecule has 0 atom stereocenters. The van der Waals surface area contributed by atoms with Gasteiger partial charge in [-0.25, -0.2) is 0 Å². The van der Waals surface area contributed by atoms with Gasteiger partial charge in [-0.2, -0.15) is 0 Å². The number of aromatic nitrogens is 1. The van der Waals surface area contributed by atoms with Crippen molar-refractivity contribution >= 4 is 50.0 Å². The first-order valence-corrected chi connectivity index (χ1v) is 7.98. The fourth-order valence-corrected chi connectivity index (χ4v) is 2.79. The topological polar surface area (TPSA) is 51.1 Å². The summed E-state index contributed by atoms with van der Waals surface area (Å²) < 4.78 is 2.65. The Balaban J connectivity index is 2.05. The third kappa shape index (κ3) is 3.16. The Morgan fingerprint density at radius 1 is 1.17 bits per heavy atom. The van der Waals surface area contributed by atoms with E-state index in [4.69, 9.17) is 11.6 Å². The number of rotatable bonds is 2. The minimum absolute atomic E-state index is 0.0742. The second-order valence-corrected chi connectivity index (χ2v) is 6.46. The first-order valence-electron chi connectivity index (χ1n) is 6.81. The van der Waals surface area contributed by atoms with Gasteiger partial charge in [-0.15, -0.1) is 0 Å². The molecule has 0 radical (unpaired) electrons. The molecule has 1 heterocycles. The maximum atomic E-state index is 12.6. The molecule has 0 aliphatic rings. The lowest BCUT2D eigenvalue weighted by Gasteiger charge is -2.10. The average molecular weight is 392 g/mol. The molecule has 0 unspecified atom stereocenters.